The molecule has 0 aliphatic carbocycles. The summed E-state index contributed by atoms with van der Waals surface area (Å²) in [5, 5.41) is 11.7. The largest absolute Gasteiger partial charge is 0.507 e. The Hall–Kier alpha value is -1.33. The van der Waals surface area contributed by atoms with E-state index in [0.29, 0.717) is 5.75 Å². The Morgan fingerprint density at radius 1 is 0.842 bits per heavy atom. The first kappa shape index (κ1) is 14.1. The fourth-order valence-electron chi connectivity index (χ4n) is 2.06. The number of benzene rings is 2. The van der Waals surface area contributed by atoms with Crippen molar-refractivity contribution in [1.29, 1.82) is 0 Å². The molecule has 0 aliphatic rings. The number of hydrogen-bond acceptors (Lipinski definition) is 1. The lowest BCUT2D eigenvalue weighted by molar-refractivity contribution is 0.477. The van der Waals surface area contributed by atoms with Crippen LogP contribution in [0, 0.1) is 0 Å². The maximum absolute atomic E-state index is 10.1. The van der Waals surface area contributed by atoms with E-state index in [4.69, 9.17) is 0 Å². The lowest BCUT2D eigenvalue weighted by Crippen LogP contribution is -2.19. The van der Waals surface area contributed by atoms with Crippen LogP contribution in [0.2, 0.25) is 0 Å². The molecule has 0 fully saturated rings. The minimum atomic E-state index is -0.285. The Bertz CT molecular complexity index is 569. The van der Waals surface area contributed by atoms with E-state index < -0.39 is 0 Å². The molecule has 0 radical (unpaired) electrons. The van der Waals surface area contributed by atoms with Gasteiger partial charge in [0.05, 0.1) is 0 Å². The van der Waals surface area contributed by atoms with Crippen molar-refractivity contribution in [2.75, 3.05) is 6.66 Å². The van der Waals surface area contributed by atoms with E-state index in [1.165, 1.54) is 5.30 Å². The molecule has 0 saturated carbocycles. The zero-order valence-corrected chi connectivity index (χ0v) is 12.9. The van der Waals surface area contributed by atoms with Gasteiger partial charge in [-0.3, -0.25) is 0 Å². The summed E-state index contributed by atoms with van der Waals surface area (Å²) in [6.45, 7) is 9.15. The lowest BCUT2D eigenvalue weighted by Gasteiger charge is -2.30. The smallest absolute Gasteiger partial charge is 0.123 e. The predicted molar refractivity (Wildman–Crippen MR) is 85.8 cm³/mol. The van der Waals surface area contributed by atoms with Crippen LogP contribution in [0.25, 0.3) is 11.1 Å². The zero-order valence-electron chi connectivity index (χ0n) is 12.0. The summed E-state index contributed by atoms with van der Waals surface area (Å²) in [5.41, 5.74) is 2.08. The number of phenols is 1. The van der Waals surface area contributed by atoms with Gasteiger partial charge in [0.2, 0.25) is 0 Å². The van der Waals surface area contributed by atoms with Crippen LogP contribution in [0.3, 0.4) is 0 Å². The highest BCUT2D eigenvalue weighted by Gasteiger charge is 2.24. The number of para-hydroxylation sites is 1. The van der Waals surface area contributed by atoms with Gasteiger partial charge >= 0.3 is 0 Å². The highest BCUT2D eigenvalue weighted by Crippen LogP contribution is 2.47. The van der Waals surface area contributed by atoms with E-state index in [0.717, 1.165) is 11.1 Å². The summed E-state index contributed by atoms with van der Waals surface area (Å²) >= 11 is 0. The van der Waals surface area contributed by atoms with E-state index in [2.05, 4.69) is 45.6 Å². The second-order valence-electron chi connectivity index (χ2n) is 5.76. The van der Waals surface area contributed by atoms with Crippen LogP contribution in [-0.4, -0.2) is 16.9 Å². The summed E-state index contributed by atoms with van der Waals surface area (Å²) in [6, 6.07) is 16.0. The van der Waals surface area contributed by atoms with Crippen molar-refractivity contribution < 1.29 is 5.11 Å². The summed E-state index contributed by atoms with van der Waals surface area (Å²) < 4.78 is 0. The van der Waals surface area contributed by atoms with Gasteiger partial charge in [0, 0.05) is 5.56 Å². The van der Waals surface area contributed by atoms with Gasteiger partial charge in [-0.2, -0.15) is 0 Å². The third-order valence-electron chi connectivity index (χ3n) is 3.47. The second-order valence-corrected chi connectivity index (χ2v) is 8.71. The fourth-order valence-corrected chi connectivity index (χ4v) is 3.65. The molecule has 2 aromatic carbocycles. The molecule has 0 aromatic heterocycles. The van der Waals surface area contributed by atoms with E-state index in [1.54, 1.807) is 6.07 Å². The standard InChI is InChI=1S/C17H21OP/c1-17(2,3)19(4)16-12-8-6-10-14(16)13-9-5-7-11-15(13)18/h5-12,18H,1-4H3. The molecule has 100 valence electrons. The van der Waals surface area contributed by atoms with Crippen LogP contribution in [-0.2, 0) is 0 Å². The van der Waals surface area contributed by atoms with E-state index in [9.17, 15) is 5.11 Å². The van der Waals surface area contributed by atoms with Crippen molar-refractivity contribution in [1.82, 2.24) is 0 Å². The van der Waals surface area contributed by atoms with Crippen molar-refractivity contribution in [3.63, 3.8) is 0 Å². The maximum Gasteiger partial charge on any atom is 0.123 e. The van der Waals surface area contributed by atoms with Crippen molar-refractivity contribution in [2.45, 2.75) is 25.9 Å². The normalized spacial score (nSPS) is 13.3. The molecule has 1 N–H and O–H groups in total. The predicted octanol–water partition coefficient (Wildman–Crippen LogP) is 4.59. The topological polar surface area (TPSA) is 20.2 Å². The molecular formula is C17H21OP. The van der Waals surface area contributed by atoms with E-state index in [-0.39, 0.29) is 13.1 Å². The first-order valence-corrected chi connectivity index (χ1v) is 8.31. The van der Waals surface area contributed by atoms with E-state index in [1.807, 2.05) is 24.3 Å². The van der Waals surface area contributed by atoms with Crippen LogP contribution in [0.5, 0.6) is 5.75 Å². The minimum Gasteiger partial charge on any atom is -0.507 e. The second kappa shape index (κ2) is 5.35. The van der Waals surface area contributed by atoms with Crippen LogP contribution < -0.4 is 5.30 Å². The van der Waals surface area contributed by atoms with Gasteiger partial charge < -0.3 is 5.11 Å². The molecular weight excluding hydrogens is 251 g/mol. The first-order chi connectivity index (χ1) is 8.91. The first-order valence-electron chi connectivity index (χ1n) is 6.52. The van der Waals surface area contributed by atoms with Crippen LogP contribution in [0.4, 0.5) is 0 Å². The van der Waals surface area contributed by atoms with Gasteiger partial charge in [0.25, 0.3) is 0 Å². The molecule has 0 aliphatic heterocycles. The number of phenolic OH excluding ortho intramolecular Hbond substituents is 1. The number of aromatic hydroxyl groups is 1. The van der Waals surface area contributed by atoms with Gasteiger partial charge in [-0.25, -0.2) is 0 Å². The number of hydrogen-bond donors (Lipinski definition) is 1. The fraction of sp³-hybridized carbons (Fsp3) is 0.294. The zero-order chi connectivity index (χ0) is 14.0. The average molecular weight is 272 g/mol. The molecule has 1 unspecified atom stereocenters. The molecule has 1 atom stereocenters. The van der Waals surface area contributed by atoms with Crippen LogP contribution in [0.15, 0.2) is 48.5 Å². The highest BCUT2D eigenvalue weighted by molar-refractivity contribution is 7.66. The highest BCUT2D eigenvalue weighted by atomic mass is 31.1. The average Bonchev–Trinajstić information content (AvgIpc) is 2.37. The van der Waals surface area contributed by atoms with Gasteiger partial charge in [-0.05, 0) is 28.8 Å². The molecule has 0 saturated heterocycles. The Balaban J connectivity index is 2.57. The molecule has 1 nitrogen and oxygen atoms in total. The van der Waals surface area contributed by atoms with Crippen molar-refractivity contribution in [3.05, 3.63) is 48.5 Å². The third kappa shape index (κ3) is 2.98. The number of rotatable bonds is 2. The molecule has 2 rings (SSSR count). The Morgan fingerprint density at radius 2 is 1.37 bits per heavy atom. The molecule has 2 aromatic rings. The third-order valence-corrected chi connectivity index (χ3v) is 6.59. The Morgan fingerprint density at radius 3 is 1.95 bits per heavy atom. The molecule has 19 heavy (non-hydrogen) atoms. The maximum atomic E-state index is 10.1. The summed E-state index contributed by atoms with van der Waals surface area (Å²) in [6.07, 6.45) is 0. The van der Waals surface area contributed by atoms with Crippen molar-refractivity contribution in [2.24, 2.45) is 0 Å². The quantitative estimate of drug-likeness (QED) is 0.792. The minimum absolute atomic E-state index is 0.260. The molecule has 0 heterocycles. The Labute approximate surface area is 117 Å². The Kier molecular flexibility index (Phi) is 3.96. The van der Waals surface area contributed by atoms with Gasteiger partial charge in [-0.1, -0.05) is 71.2 Å². The monoisotopic (exact) mass is 272 g/mol. The van der Waals surface area contributed by atoms with Gasteiger partial charge in [-0.15, -0.1) is 0 Å². The molecule has 0 amide bonds. The van der Waals surface area contributed by atoms with Gasteiger partial charge in [0.15, 0.2) is 0 Å². The van der Waals surface area contributed by atoms with Crippen LogP contribution >= 0.6 is 7.92 Å². The summed E-state index contributed by atoms with van der Waals surface area (Å²) in [4.78, 5) is 0. The van der Waals surface area contributed by atoms with E-state index >= 15 is 0 Å². The molecule has 0 bridgehead atoms. The van der Waals surface area contributed by atoms with Crippen molar-refractivity contribution >= 4 is 13.2 Å². The van der Waals surface area contributed by atoms with Gasteiger partial charge in [0.1, 0.15) is 5.75 Å². The van der Waals surface area contributed by atoms with Crippen LogP contribution in [0.1, 0.15) is 20.8 Å². The summed E-state index contributed by atoms with van der Waals surface area (Å²) in [7, 11) is -0.285. The molecule has 2 heteroatoms. The van der Waals surface area contributed by atoms with Crippen molar-refractivity contribution in [3.8, 4) is 16.9 Å². The SMILES string of the molecule is CP(c1ccccc1-c1ccccc1O)C(C)(C)C. The lowest BCUT2D eigenvalue weighted by atomic mass is 10.0. The summed E-state index contributed by atoms with van der Waals surface area (Å²) in [5.74, 6) is 0.354. The molecule has 0 spiro atoms.